The van der Waals surface area contributed by atoms with Crippen LogP contribution in [0.25, 0.3) is 0 Å². The van der Waals surface area contributed by atoms with E-state index in [1.807, 2.05) is 0 Å². The largest absolute Gasteiger partial charge is 0.313 e. The van der Waals surface area contributed by atoms with Gasteiger partial charge in [0.1, 0.15) is 0 Å². The lowest BCUT2D eigenvalue weighted by atomic mass is 9.84. The van der Waals surface area contributed by atoms with Crippen molar-refractivity contribution in [2.75, 3.05) is 6.54 Å². The summed E-state index contributed by atoms with van der Waals surface area (Å²) in [5.41, 5.74) is 0. The summed E-state index contributed by atoms with van der Waals surface area (Å²) in [6.45, 7) is 3.77. The molecule has 92 valence electrons. The van der Waals surface area contributed by atoms with Gasteiger partial charge in [0.15, 0.2) is 0 Å². The van der Waals surface area contributed by atoms with Gasteiger partial charge in [0.25, 0.3) is 0 Å². The van der Waals surface area contributed by atoms with Gasteiger partial charge in [-0.1, -0.05) is 26.2 Å². The third kappa shape index (κ3) is 2.16. The van der Waals surface area contributed by atoms with Crippen LogP contribution in [-0.2, 0) is 0 Å². The van der Waals surface area contributed by atoms with E-state index in [2.05, 4.69) is 12.2 Å². The maximum Gasteiger partial charge on any atom is 0.00928 e. The number of fused-ring (bicyclic) bond motifs is 2. The number of hydrogen-bond donors (Lipinski definition) is 1. The highest BCUT2D eigenvalue weighted by molar-refractivity contribution is 4.91. The van der Waals surface area contributed by atoms with Gasteiger partial charge in [-0.25, -0.2) is 0 Å². The Hall–Kier alpha value is -0.0400. The third-order valence-electron chi connectivity index (χ3n) is 5.64. The van der Waals surface area contributed by atoms with Gasteiger partial charge in [-0.05, 0) is 62.3 Å². The molecule has 5 atom stereocenters. The highest BCUT2D eigenvalue weighted by Gasteiger charge is 2.39. The first-order chi connectivity index (χ1) is 7.83. The normalized spacial score (nSPS) is 47.4. The fourth-order valence-electron chi connectivity index (χ4n) is 4.55. The van der Waals surface area contributed by atoms with E-state index in [1.165, 1.54) is 38.6 Å². The van der Waals surface area contributed by atoms with E-state index in [1.54, 1.807) is 19.3 Å². The van der Waals surface area contributed by atoms with Crippen LogP contribution in [0.15, 0.2) is 0 Å². The van der Waals surface area contributed by atoms with E-state index in [9.17, 15) is 0 Å². The lowest BCUT2D eigenvalue weighted by Crippen LogP contribution is -2.40. The average Bonchev–Trinajstić information content (AvgIpc) is 2.90. The molecule has 3 saturated carbocycles. The molecule has 1 N–H and O–H groups in total. The van der Waals surface area contributed by atoms with Crippen molar-refractivity contribution in [1.29, 1.82) is 0 Å². The predicted octanol–water partition coefficient (Wildman–Crippen LogP) is 3.59. The zero-order chi connectivity index (χ0) is 11.0. The van der Waals surface area contributed by atoms with E-state index in [4.69, 9.17) is 0 Å². The summed E-state index contributed by atoms with van der Waals surface area (Å²) in [7, 11) is 0. The Kier molecular flexibility index (Phi) is 3.24. The van der Waals surface area contributed by atoms with Gasteiger partial charge in [0.05, 0.1) is 0 Å². The van der Waals surface area contributed by atoms with Crippen LogP contribution in [0.4, 0.5) is 0 Å². The zero-order valence-corrected chi connectivity index (χ0v) is 10.8. The van der Waals surface area contributed by atoms with Crippen molar-refractivity contribution in [3.8, 4) is 0 Å². The molecule has 3 rings (SSSR count). The van der Waals surface area contributed by atoms with E-state index < -0.39 is 0 Å². The second-order valence-corrected chi connectivity index (χ2v) is 6.71. The molecule has 2 bridgehead atoms. The molecule has 0 aromatic heterocycles. The summed E-state index contributed by atoms with van der Waals surface area (Å²) >= 11 is 0. The van der Waals surface area contributed by atoms with Gasteiger partial charge in [-0.2, -0.15) is 0 Å². The smallest absolute Gasteiger partial charge is 0.00928 e. The summed E-state index contributed by atoms with van der Waals surface area (Å²) < 4.78 is 0. The van der Waals surface area contributed by atoms with Gasteiger partial charge >= 0.3 is 0 Å². The van der Waals surface area contributed by atoms with Gasteiger partial charge < -0.3 is 5.32 Å². The Balaban J connectivity index is 1.45. The number of rotatable bonds is 3. The summed E-state index contributed by atoms with van der Waals surface area (Å²) in [6.07, 6.45) is 12.0. The van der Waals surface area contributed by atoms with Crippen molar-refractivity contribution >= 4 is 0 Å². The van der Waals surface area contributed by atoms with Crippen molar-refractivity contribution < 1.29 is 0 Å². The summed E-state index contributed by atoms with van der Waals surface area (Å²) in [5, 5.41) is 3.90. The molecular formula is C15H27N. The Morgan fingerprint density at radius 3 is 2.56 bits per heavy atom. The molecule has 0 heterocycles. The molecule has 0 aromatic carbocycles. The van der Waals surface area contributed by atoms with E-state index >= 15 is 0 Å². The van der Waals surface area contributed by atoms with Crippen LogP contribution in [0.1, 0.15) is 58.3 Å². The topological polar surface area (TPSA) is 12.0 Å². The molecule has 0 saturated heterocycles. The molecule has 0 amide bonds. The molecule has 0 aromatic rings. The van der Waals surface area contributed by atoms with E-state index in [-0.39, 0.29) is 0 Å². The first-order valence-electron chi connectivity index (χ1n) is 7.56. The Morgan fingerprint density at radius 2 is 1.88 bits per heavy atom. The maximum atomic E-state index is 3.90. The van der Waals surface area contributed by atoms with Crippen LogP contribution < -0.4 is 5.32 Å². The fraction of sp³-hybridized carbons (Fsp3) is 1.00. The number of hydrogen-bond acceptors (Lipinski definition) is 1. The summed E-state index contributed by atoms with van der Waals surface area (Å²) in [4.78, 5) is 0. The van der Waals surface area contributed by atoms with Gasteiger partial charge in [0.2, 0.25) is 0 Å². The van der Waals surface area contributed by atoms with Gasteiger partial charge in [0, 0.05) is 6.04 Å². The van der Waals surface area contributed by atoms with Crippen LogP contribution in [0.5, 0.6) is 0 Å². The molecule has 3 aliphatic rings. The standard InChI is InChI=1S/C15H27N/c1-11-4-2-3-5-15(11)16-10-14-9-12-6-7-13(14)8-12/h11-16H,2-10H2,1H3. The lowest BCUT2D eigenvalue weighted by Gasteiger charge is -2.32. The van der Waals surface area contributed by atoms with Crippen LogP contribution in [0.3, 0.4) is 0 Å². The second-order valence-electron chi connectivity index (χ2n) is 6.71. The average molecular weight is 221 g/mol. The summed E-state index contributed by atoms with van der Waals surface area (Å²) in [6, 6.07) is 0.841. The molecule has 1 heteroatoms. The minimum absolute atomic E-state index is 0.841. The van der Waals surface area contributed by atoms with Crippen molar-refractivity contribution in [2.24, 2.45) is 23.7 Å². The highest BCUT2D eigenvalue weighted by Crippen LogP contribution is 2.48. The predicted molar refractivity (Wildman–Crippen MR) is 68.4 cm³/mol. The molecular weight excluding hydrogens is 194 g/mol. The minimum Gasteiger partial charge on any atom is -0.313 e. The third-order valence-corrected chi connectivity index (χ3v) is 5.64. The van der Waals surface area contributed by atoms with Crippen LogP contribution in [0, 0.1) is 23.7 Å². The fourth-order valence-corrected chi connectivity index (χ4v) is 4.55. The van der Waals surface area contributed by atoms with Crippen molar-refractivity contribution in [3.63, 3.8) is 0 Å². The Morgan fingerprint density at radius 1 is 1.00 bits per heavy atom. The molecule has 16 heavy (non-hydrogen) atoms. The Bertz CT molecular complexity index is 236. The summed E-state index contributed by atoms with van der Waals surface area (Å²) in [5.74, 6) is 4.16. The Labute approximate surface area is 100 Å². The van der Waals surface area contributed by atoms with Crippen LogP contribution in [0.2, 0.25) is 0 Å². The minimum atomic E-state index is 0.841. The quantitative estimate of drug-likeness (QED) is 0.768. The molecule has 0 radical (unpaired) electrons. The molecule has 1 nitrogen and oxygen atoms in total. The number of nitrogens with one attached hydrogen (secondary N) is 1. The highest BCUT2D eigenvalue weighted by atomic mass is 14.9. The van der Waals surface area contributed by atoms with E-state index in [0.717, 1.165) is 29.7 Å². The molecule has 3 aliphatic carbocycles. The maximum absolute atomic E-state index is 3.90. The second kappa shape index (κ2) is 4.68. The lowest BCUT2D eigenvalue weighted by molar-refractivity contribution is 0.243. The molecule has 3 fully saturated rings. The van der Waals surface area contributed by atoms with Gasteiger partial charge in [-0.3, -0.25) is 0 Å². The van der Waals surface area contributed by atoms with Crippen molar-refractivity contribution in [2.45, 2.75) is 64.3 Å². The first-order valence-corrected chi connectivity index (χ1v) is 7.56. The van der Waals surface area contributed by atoms with Crippen molar-refractivity contribution in [3.05, 3.63) is 0 Å². The van der Waals surface area contributed by atoms with Crippen molar-refractivity contribution in [1.82, 2.24) is 5.32 Å². The zero-order valence-electron chi connectivity index (χ0n) is 10.8. The monoisotopic (exact) mass is 221 g/mol. The molecule has 0 spiro atoms. The SMILES string of the molecule is CC1CCCCC1NCC1CC2CCC1C2. The van der Waals surface area contributed by atoms with Crippen LogP contribution in [-0.4, -0.2) is 12.6 Å². The van der Waals surface area contributed by atoms with E-state index in [0.29, 0.717) is 0 Å². The molecule has 0 aliphatic heterocycles. The van der Waals surface area contributed by atoms with Gasteiger partial charge in [-0.15, -0.1) is 0 Å². The molecule has 5 unspecified atom stereocenters. The first kappa shape index (κ1) is 11.1. The van der Waals surface area contributed by atoms with Crippen LogP contribution >= 0.6 is 0 Å².